The molecule has 0 bridgehead atoms. The molecule has 0 fully saturated rings. The van der Waals surface area contributed by atoms with Gasteiger partial charge in [0.15, 0.2) is 5.58 Å². The summed E-state index contributed by atoms with van der Waals surface area (Å²) in [5.41, 5.74) is 19.9. The summed E-state index contributed by atoms with van der Waals surface area (Å²) < 4.78 is 6.70. The Morgan fingerprint density at radius 1 is 0.364 bits per heavy atom. The Morgan fingerprint density at radius 3 is 1.29 bits per heavy atom. The van der Waals surface area contributed by atoms with E-state index in [-0.39, 0.29) is 0 Å². The summed E-state index contributed by atoms with van der Waals surface area (Å²) in [7, 11) is 0. The van der Waals surface area contributed by atoms with Gasteiger partial charge in [-0.1, -0.05) is 132 Å². The Hall–Kier alpha value is -6.51. The van der Waals surface area contributed by atoms with Gasteiger partial charge in [0.05, 0.1) is 0 Å². The molecule has 0 N–H and O–H groups in total. The van der Waals surface area contributed by atoms with Crippen molar-refractivity contribution in [2.24, 2.45) is 0 Å². The van der Waals surface area contributed by atoms with Crippen LogP contribution in [0.15, 0.2) is 144 Å². The van der Waals surface area contributed by atoms with Crippen LogP contribution in [-0.4, -0.2) is 4.98 Å². The molecule has 0 aliphatic rings. The van der Waals surface area contributed by atoms with E-state index >= 15 is 0 Å². The average Bonchev–Trinajstić information content (AvgIpc) is 3.61. The van der Waals surface area contributed by atoms with Gasteiger partial charge in [-0.25, -0.2) is 4.98 Å². The minimum absolute atomic E-state index is 0.633. The third kappa shape index (κ3) is 5.35. The van der Waals surface area contributed by atoms with Gasteiger partial charge in [0.1, 0.15) is 5.52 Å². The van der Waals surface area contributed by atoms with E-state index in [2.05, 4.69) is 175 Å². The molecule has 2 heteroatoms. The largest absolute Gasteiger partial charge is 0.436 e. The predicted octanol–water partition coefficient (Wildman–Crippen LogP) is 14.9. The van der Waals surface area contributed by atoms with Crippen molar-refractivity contribution in [1.82, 2.24) is 4.98 Å². The van der Waals surface area contributed by atoms with Crippen molar-refractivity contribution in [1.29, 1.82) is 0 Å². The molecule has 2 nitrogen and oxygen atoms in total. The summed E-state index contributed by atoms with van der Waals surface area (Å²) in [4.78, 5) is 5.23. The van der Waals surface area contributed by atoms with Crippen LogP contribution < -0.4 is 0 Å². The second-order valence-electron chi connectivity index (χ2n) is 15.5. The first kappa shape index (κ1) is 33.1. The summed E-state index contributed by atoms with van der Waals surface area (Å²) >= 11 is 0. The van der Waals surface area contributed by atoms with Crippen LogP contribution in [0.1, 0.15) is 33.4 Å². The predicted molar refractivity (Wildman–Crippen MR) is 233 cm³/mol. The zero-order chi connectivity index (χ0) is 37.5. The summed E-state index contributed by atoms with van der Waals surface area (Å²) in [6, 6.07) is 51.4. The van der Waals surface area contributed by atoms with Crippen molar-refractivity contribution in [2.45, 2.75) is 41.5 Å². The van der Waals surface area contributed by atoms with Crippen LogP contribution in [0.5, 0.6) is 0 Å². The maximum absolute atomic E-state index is 6.70. The van der Waals surface area contributed by atoms with Crippen molar-refractivity contribution in [3.63, 3.8) is 0 Å². The highest BCUT2D eigenvalue weighted by atomic mass is 16.3. The van der Waals surface area contributed by atoms with E-state index in [1.807, 2.05) is 6.07 Å². The van der Waals surface area contributed by atoms with Gasteiger partial charge in [-0.3, -0.25) is 0 Å². The van der Waals surface area contributed by atoms with E-state index in [1.54, 1.807) is 0 Å². The van der Waals surface area contributed by atoms with Gasteiger partial charge in [0.25, 0.3) is 0 Å². The lowest BCUT2D eigenvalue weighted by Crippen LogP contribution is -1.96. The molecule has 1 heterocycles. The molecule has 9 aromatic carbocycles. The average molecular weight is 708 g/mol. The molecule has 264 valence electrons. The quantitative estimate of drug-likeness (QED) is 0.166. The summed E-state index contributed by atoms with van der Waals surface area (Å²) in [5.74, 6) is 0.633. The molecule has 0 radical (unpaired) electrons. The highest BCUT2D eigenvalue weighted by Gasteiger charge is 2.24. The molecule has 0 spiro atoms. The van der Waals surface area contributed by atoms with E-state index in [9.17, 15) is 0 Å². The zero-order valence-corrected chi connectivity index (χ0v) is 32.1. The normalized spacial score (nSPS) is 11.8. The van der Waals surface area contributed by atoms with Gasteiger partial charge in [-0.05, 0) is 159 Å². The smallest absolute Gasteiger partial charge is 0.227 e. The van der Waals surface area contributed by atoms with Crippen molar-refractivity contribution in [3.8, 4) is 56.0 Å². The SMILES string of the molecule is Cc1ccc(-c2cc(-c3nc4cc(-c5ccccc5)ccc4o3)c3ccc4c(-c5ccc(C)cc5C)cc(-c5ccc(C)cc5C)c5ccc2c3c45)c(C)c1. The molecule has 1 aromatic heterocycles. The Labute approximate surface area is 322 Å². The maximum Gasteiger partial charge on any atom is 0.227 e. The van der Waals surface area contributed by atoms with Crippen LogP contribution in [0.2, 0.25) is 0 Å². The van der Waals surface area contributed by atoms with E-state index in [1.165, 1.54) is 93.7 Å². The number of hydrogen-bond donors (Lipinski definition) is 0. The van der Waals surface area contributed by atoms with Gasteiger partial charge in [-0.2, -0.15) is 0 Å². The van der Waals surface area contributed by atoms with Crippen LogP contribution in [0.4, 0.5) is 0 Å². The molecule has 0 unspecified atom stereocenters. The molecular weight excluding hydrogens is 667 g/mol. The number of oxazole rings is 1. The van der Waals surface area contributed by atoms with E-state index < -0.39 is 0 Å². The Bertz CT molecular complexity index is 3070. The first-order chi connectivity index (χ1) is 26.7. The summed E-state index contributed by atoms with van der Waals surface area (Å²) in [6.07, 6.45) is 0. The molecule has 10 rings (SSSR count). The van der Waals surface area contributed by atoms with E-state index in [0.717, 1.165) is 33.2 Å². The van der Waals surface area contributed by atoms with Crippen LogP contribution >= 0.6 is 0 Å². The van der Waals surface area contributed by atoms with Crippen molar-refractivity contribution < 1.29 is 4.42 Å². The Kier molecular flexibility index (Phi) is 7.54. The first-order valence-electron chi connectivity index (χ1n) is 19.2. The fourth-order valence-corrected chi connectivity index (χ4v) is 9.04. The topological polar surface area (TPSA) is 26.0 Å². The molecule has 0 amide bonds. The van der Waals surface area contributed by atoms with Gasteiger partial charge in [-0.15, -0.1) is 0 Å². The van der Waals surface area contributed by atoms with Crippen molar-refractivity contribution in [3.05, 3.63) is 173 Å². The first-order valence-corrected chi connectivity index (χ1v) is 19.2. The summed E-state index contributed by atoms with van der Waals surface area (Å²) in [5, 5.41) is 7.39. The van der Waals surface area contributed by atoms with E-state index in [4.69, 9.17) is 9.40 Å². The molecule has 55 heavy (non-hydrogen) atoms. The fourth-order valence-electron chi connectivity index (χ4n) is 9.04. The van der Waals surface area contributed by atoms with Gasteiger partial charge >= 0.3 is 0 Å². The monoisotopic (exact) mass is 707 g/mol. The fraction of sp³-hybridized carbons (Fsp3) is 0.113. The molecule has 0 aliphatic heterocycles. The number of rotatable bonds is 5. The number of aromatic nitrogens is 1. The third-order valence-corrected chi connectivity index (χ3v) is 11.6. The minimum Gasteiger partial charge on any atom is -0.436 e. The van der Waals surface area contributed by atoms with Crippen LogP contribution in [0, 0.1) is 41.5 Å². The molecular formula is C53H41NO. The lowest BCUT2D eigenvalue weighted by atomic mass is 9.81. The number of benzene rings is 9. The standard InChI is InChI=1S/C53H41NO/c1-30-12-16-38(33(4)24-30)45-28-46(39-17-13-31(2)25-34(39)5)42-21-22-44-48(53-54-49-27-37(15-23-50(49)55-53)36-10-8-7-9-11-36)29-47(40-18-14-32(3)26-35(40)6)43-20-19-41(45)51(42)52(43)44/h7-29H,1-6H3. The van der Waals surface area contributed by atoms with Gasteiger partial charge in [0.2, 0.25) is 5.89 Å². The Balaban J connectivity index is 1.34. The number of hydrogen-bond acceptors (Lipinski definition) is 2. The van der Waals surface area contributed by atoms with Crippen LogP contribution in [0.3, 0.4) is 0 Å². The number of nitrogens with zero attached hydrogens (tertiary/aromatic N) is 1. The second-order valence-corrected chi connectivity index (χ2v) is 15.5. The summed E-state index contributed by atoms with van der Waals surface area (Å²) in [6.45, 7) is 13.2. The molecule has 0 saturated carbocycles. The highest BCUT2D eigenvalue weighted by Crippen LogP contribution is 2.49. The second kappa shape index (κ2) is 12.5. The minimum atomic E-state index is 0.633. The van der Waals surface area contributed by atoms with Crippen molar-refractivity contribution >= 4 is 43.4 Å². The molecule has 10 aromatic rings. The third-order valence-electron chi connectivity index (χ3n) is 11.6. The lowest BCUT2D eigenvalue weighted by Gasteiger charge is -2.22. The molecule has 0 aliphatic carbocycles. The maximum atomic E-state index is 6.70. The molecule has 0 saturated heterocycles. The van der Waals surface area contributed by atoms with Gasteiger partial charge in [0, 0.05) is 5.56 Å². The zero-order valence-electron chi connectivity index (χ0n) is 32.1. The molecule has 0 atom stereocenters. The van der Waals surface area contributed by atoms with Crippen LogP contribution in [0.25, 0.3) is 99.4 Å². The van der Waals surface area contributed by atoms with E-state index in [0.29, 0.717) is 5.89 Å². The number of aryl methyl sites for hydroxylation is 6. The van der Waals surface area contributed by atoms with Crippen molar-refractivity contribution in [2.75, 3.05) is 0 Å². The lowest BCUT2D eigenvalue weighted by molar-refractivity contribution is 0.620. The van der Waals surface area contributed by atoms with Crippen LogP contribution in [-0.2, 0) is 0 Å². The highest BCUT2D eigenvalue weighted by molar-refractivity contribution is 6.32. The van der Waals surface area contributed by atoms with Gasteiger partial charge < -0.3 is 4.42 Å². The number of fused-ring (bicyclic) bond motifs is 1. The Morgan fingerprint density at radius 2 is 0.818 bits per heavy atom.